The average molecular weight is 267 g/mol. The molecule has 0 aromatic heterocycles. The summed E-state index contributed by atoms with van der Waals surface area (Å²) in [4.78, 5) is 11.3. The molecule has 1 aliphatic rings. The van der Waals surface area contributed by atoms with E-state index in [9.17, 15) is 20.1 Å². The molecule has 1 amide bonds. The second-order valence-corrected chi connectivity index (χ2v) is 4.62. The zero-order chi connectivity index (χ0) is 13.0. The summed E-state index contributed by atoms with van der Waals surface area (Å²) in [6.07, 6.45) is -3.53. The molecule has 7 nitrogen and oxygen atoms in total. The van der Waals surface area contributed by atoms with Gasteiger partial charge in [0.25, 0.3) is 0 Å². The van der Waals surface area contributed by atoms with Crippen LogP contribution in [0.1, 0.15) is 0 Å². The Morgan fingerprint density at radius 2 is 2.00 bits per heavy atom. The van der Waals surface area contributed by atoms with E-state index < -0.39 is 37.3 Å². The number of nitrogens with one attached hydrogen (secondary N) is 1. The zero-order valence-corrected chi connectivity index (χ0v) is 10.1. The van der Waals surface area contributed by atoms with Crippen molar-refractivity contribution < 1.29 is 30.0 Å². The molecule has 1 heterocycles. The number of thioether (sulfide) groups is 1. The molecule has 1 unspecified atom stereocenters. The number of aliphatic hydroxyl groups is 4. The standard InChI is InChI=1S/C9H17NO6S/c1-17-3-5(12)10-6-8(14)7(13)4(2-11)16-9(6)15/h4,6-9,11,13-15H,2-3H2,1H3,(H,10,12)/t4-,6?,7-,8-,9-/m1/s1. The number of hydrogen-bond donors (Lipinski definition) is 5. The van der Waals surface area contributed by atoms with Crippen molar-refractivity contribution >= 4 is 17.7 Å². The van der Waals surface area contributed by atoms with Gasteiger partial charge in [-0.2, -0.15) is 11.8 Å². The first-order valence-corrected chi connectivity index (χ1v) is 6.49. The van der Waals surface area contributed by atoms with Crippen LogP contribution in [-0.4, -0.2) is 75.6 Å². The Kier molecular flexibility index (Phi) is 5.63. The van der Waals surface area contributed by atoms with Gasteiger partial charge in [0.15, 0.2) is 6.29 Å². The molecule has 1 saturated heterocycles. The predicted molar refractivity (Wildman–Crippen MR) is 60.3 cm³/mol. The van der Waals surface area contributed by atoms with Crippen molar-refractivity contribution in [3.8, 4) is 0 Å². The topological polar surface area (TPSA) is 119 Å². The third-order valence-electron chi connectivity index (χ3n) is 2.50. The Hall–Kier alpha value is -0.380. The van der Waals surface area contributed by atoms with E-state index in [1.807, 2.05) is 0 Å². The number of aliphatic hydroxyl groups excluding tert-OH is 4. The number of carbonyl (C=O) groups is 1. The van der Waals surface area contributed by atoms with Crippen molar-refractivity contribution in [1.29, 1.82) is 0 Å². The molecule has 5 N–H and O–H groups in total. The highest BCUT2D eigenvalue weighted by molar-refractivity contribution is 7.99. The van der Waals surface area contributed by atoms with Gasteiger partial charge in [-0.1, -0.05) is 0 Å². The molecule has 5 atom stereocenters. The fraction of sp³-hybridized carbons (Fsp3) is 0.889. The van der Waals surface area contributed by atoms with Crippen molar-refractivity contribution in [3.05, 3.63) is 0 Å². The SMILES string of the molecule is CSCC(=O)NC1[C@H](O)O[C@H](CO)[C@@H](O)[C@@H]1O. The third-order valence-corrected chi connectivity index (χ3v) is 3.05. The monoisotopic (exact) mass is 267 g/mol. The molecule has 100 valence electrons. The fourth-order valence-electron chi connectivity index (χ4n) is 1.61. The van der Waals surface area contributed by atoms with Crippen molar-refractivity contribution in [3.63, 3.8) is 0 Å². The maximum absolute atomic E-state index is 11.3. The van der Waals surface area contributed by atoms with Gasteiger partial charge >= 0.3 is 0 Å². The number of rotatable bonds is 4. The van der Waals surface area contributed by atoms with Gasteiger partial charge in [0.2, 0.25) is 5.91 Å². The number of carbonyl (C=O) groups excluding carboxylic acids is 1. The lowest BCUT2D eigenvalue weighted by Crippen LogP contribution is -2.64. The lowest BCUT2D eigenvalue weighted by Gasteiger charge is -2.40. The summed E-state index contributed by atoms with van der Waals surface area (Å²) >= 11 is 1.29. The third kappa shape index (κ3) is 3.54. The van der Waals surface area contributed by atoms with E-state index in [4.69, 9.17) is 9.84 Å². The largest absolute Gasteiger partial charge is 0.394 e. The Bertz CT molecular complexity index is 266. The van der Waals surface area contributed by atoms with Crippen molar-refractivity contribution in [1.82, 2.24) is 5.32 Å². The van der Waals surface area contributed by atoms with E-state index in [1.165, 1.54) is 11.8 Å². The number of ether oxygens (including phenoxy) is 1. The van der Waals surface area contributed by atoms with Crippen LogP contribution in [0.3, 0.4) is 0 Å². The first kappa shape index (κ1) is 14.7. The second kappa shape index (κ2) is 6.53. The van der Waals surface area contributed by atoms with E-state index in [-0.39, 0.29) is 11.7 Å². The summed E-state index contributed by atoms with van der Waals surface area (Å²) in [5.74, 6) is -0.200. The normalized spacial score (nSPS) is 37.8. The minimum Gasteiger partial charge on any atom is -0.394 e. The lowest BCUT2D eigenvalue weighted by molar-refractivity contribution is -0.253. The van der Waals surface area contributed by atoms with Gasteiger partial charge in [0.05, 0.1) is 12.4 Å². The molecular weight excluding hydrogens is 250 g/mol. The van der Waals surface area contributed by atoms with Crippen LogP contribution < -0.4 is 5.32 Å². The molecule has 0 aromatic rings. The van der Waals surface area contributed by atoms with Crippen LogP contribution in [0.4, 0.5) is 0 Å². The van der Waals surface area contributed by atoms with Crippen LogP contribution in [0.25, 0.3) is 0 Å². The summed E-state index contributed by atoms with van der Waals surface area (Å²) in [7, 11) is 0. The molecular formula is C9H17NO6S. The number of hydrogen-bond acceptors (Lipinski definition) is 7. The summed E-state index contributed by atoms with van der Waals surface area (Å²) < 4.78 is 4.88. The Morgan fingerprint density at radius 1 is 1.35 bits per heavy atom. The molecule has 0 radical (unpaired) electrons. The van der Waals surface area contributed by atoms with Gasteiger partial charge in [-0.3, -0.25) is 4.79 Å². The van der Waals surface area contributed by atoms with E-state index >= 15 is 0 Å². The Balaban J connectivity index is 2.63. The lowest BCUT2D eigenvalue weighted by atomic mass is 9.97. The van der Waals surface area contributed by atoms with E-state index in [0.29, 0.717) is 0 Å². The fourth-order valence-corrected chi connectivity index (χ4v) is 1.96. The van der Waals surface area contributed by atoms with Gasteiger partial charge in [0.1, 0.15) is 24.4 Å². The van der Waals surface area contributed by atoms with Gasteiger partial charge in [-0.15, -0.1) is 0 Å². The summed E-state index contributed by atoms with van der Waals surface area (Å²) in [6.45, 7) is -0.527. The highest BCUT2D eigenvalue weighted by Crippen LogP contribution is 2.19. The molecule has 0 bridgehead atoms. The Morgan fingerprint density at radius 3 is 2.53 bits per heavy atom. The molecule has 0 aromatic carbocycles. The number of amides is 1. The summed E-state index contributed by atoms with van der Waals surface area (Å²) in [5.41, 5.74) is 0. The first-order chi connectivity index (χ1) is 8.01. The highest BCUT2D eigenvalue weighted by Gasteiger charge is 2.44. The first-order valence-electron chi connectivity index (χ1n) is 5.10. The molecule has 17 heavy (non-hydrogen) atoms. The quantitative estimate of drug-likeness (QED) is 0.375. The molecule has 1 rings (SSSR count). The van der Waals surface area contributed by atoms with E-state index in [0.717, 1.165) is 0 Å². The van der Waals surface area contributed by atoms with Crippen LogP contribution in [0, 0.1) is 0 Å². The highest BCUT2D eigenvalue weighted by atomic mass is 32.2. The minimum atomic E-state index is -1.46. The molecule has 0 saturated carbocycles. The molecule has 1 fully saturated rings. The van der Waals surface area contributed by atoms with E-state index in [1.54, 1.807) is 6.26 Å². The summed E-state index contributed by atoms with van der Waals surface area (Å²) in [6, 6.07) is -1.10. The molecule has 1 aliphatic heterocycles. The van der Waals surface area contributed by atoms with Gasteiger partial charge in [-0.05, 0) is 6.26 Å². The Labute approximate surface area is 103 Å². The molecule has 0 aliphatic carbocycles. The predicted octanol–water partition coefficient (Wildman–Crippen LogP) is -2.73. The summed E-state index contributed by atoms with van der Waals surface area (Å²) in [5, 5.41) is 40.0. The van der Waals surface area contributed by atoms with Crippen molar-refractivity contribution in [2.45, 2.75) is 30.6 Å². The molecule has 8 heteroatoms. The van der Waals surface area contributed by atoms with Gasteiger partial charge < -0.3 is 30.5 Å². The maximum Gasteiger partial charge on any atom is 0.230 e. The minimum absolute atomic E-state index is 0.176. The van der Waals surface area contributed by atoms with Crippen LogP contribution in [0.5, 0.6) is 0 Å². The van der Waals surface area contributed by atoms with Gasteiger partial charge in [0, 0.05) is 0 Å². The second-order valence-electron chi connectivity index (χ2n) is 3.76. The smallest absolute Gasteiger partial charge is 0.230 e. The maximum atomic E-state index is 11.3. The van der Waals surface area contributed by atoms with Crippen molar-refractivity contribution in [2.75, 3.05) is 18.6 Å². The molecule has 0 spiro atoms. The average Bonchev–Trinajstić information content (AvgIpc) is 2.29. The van der Waals surface area contributed by atoms with Crippen molar-refractivity contribution in [2.24, 2.45) is 0 Å². The van der Waals surface area contributed by atoms with Crippen LogP contribution >= 0.6 is 11.8 Å². The van der Waals surface area contributed by atoms with Crippen LogP contribution in [-0.2, 0) is 9.53 Å². The van der Waals surface area contributed by atoms with Crippen LogP contribution in [0.2, 0.25) is 0 Å². The van der Waals surface area contributed by atoms with Crippen LogP contribution in [0.15, 0.2) is 0 Å². The van der Waals surface area contributed by atoms with Gasteiger partial charge in [-0.25, -0.2) is 0 Å². The van der Waals surface area contributed by atoms with E-state index in [2.05, 4.69) is 5.32 Å². The zero-order valence-electron chi connectivity index (χ0n) is 9.31.